The lowest BCUT2D eigenvalue weighted by Gasteiger charge is -2.06. The number of hydrogen-bond donors (Lipinski definition) is 1. The molecular weight excluding hydrogens is 240 g/mol. The van der Waals surface area contributed by atoms with Crippen molar-refractivity contribution in [3.63, 3.8) is 0 Å². The second-order valence-corrected chi connectivity index (χ2v) is 4.92. The third-order valence-electron chi connectivity index (χ3n) is 2.38. The Labute approximate surface area is 112 Å². The van der Waals surface area contributed by atoms with Crippen LogP contribution in [0.25, 0.3) is 0 Å². The number of rotatable bonds is 5. The molecule has 2 aromatic carbocycles. The topological polar surface area (TPSA) is 35.8 Å². The lowest BCUT2D eigenvalue weighted by molar-refractivity contribution is 1.07. The Kier molecular flexibility index (Phi) is 4.68. The highest BCUT2D eigenvalue weighted by Gasteiger charge is 1.98. The van der Waals surface area contributed by atoms with E-state index in [2.05, 4.69) is 35.7 Å². The second-order valence-electron chi connectivity index (χ2n) is 3.78. The summed E-state index contributed by atoms with van der Waals surface area (Å²) in [7, 11) is 0. The van der Waals surface area contributed by atoms with Gasteiger partial charge in [0.05, 0.1) is 12.5 Å². The van der Waals surface area contributed by atoms with E-state index < -0.39 is 0 Å². The number of benzene rings is 2. The van der Waals surface area contributed by atoms with Crippen LogP contribution in [-0.2, 0) is 0 Å². The van der Waals surface area contributed by atoms with E-state index >= 15 is 0 Å². The van der Waals surface area contributed by atoms with Crippen LogP contribution in [0.4, 0.5) is 5.69 Å². The first kappa shape index (κ1) is 12.5. The largest absolute Gasteiger partial charge is 0.384 e. The molecule has 90 valence electrons. The van der Waals surface area contributed by atoms with E-state index in [0.717, 1.165) is 5.69 Å². The molecule has 0 atom stereocenters. The van der Waals surface area contributed by atoms with Crippen LogP contribution in [0.5, 0.6) is 0 Å². The average molecular weight is 254 g/mol. The zero-order valence-corrected chi connectivity index (χ0v) is 10.8. The molecule has 0 fully saturated rings. The Bertz CT molecular complexity index is 532. The fourth-order valence-corrected chi connectivity index (χ4v) is 2.45. The van der Waals surface area contributed by atoms with E-state index in [4.69, 9.17) is 5.26 Å². The SMILES string of the molecule is N#CCCNc1cccc(Sc2ccccc2)c1. The van der Waals surface area contributed by atoms with Crippen LogP contribution < -0.4 is 5.32 Å². The molecular formula is C15H14N2S. The highest BCUT2D eigenvalue weighted by molar-refractivity contribution is 7.99. The van der Waals surface area contributed by atoms with Crippen molar-refractivity contribution in [3.8, 4) is 6.07 Å². The quantitative estimate of drug-likeness (QED) is 0.814. The minimum absolute atomic E-state index is 0.524. The maximum Gasteiger partial charge on any atom is 0.0640 e. The number of nitrogens with zero attached hydrogens (tertiary/aromatic N) is 1. The molecule has 1 N–H and O–H groups in total. The molecule has 0 heterocycles. The molecule has 0 radical (unpaired) electrons. The van der Waals surface area contributed by atoms with Crippen molar-refractivity contribution >= 4 is 17.4 Å². The molecule has 0 bridgehead atoms. The first-order chi connectivity index (χ1) is 8.88. The summed E-state index contributed by atoms with van der Waals surface area (Å²) >= 11 is 1.74. The van der Waals surface area contributed by atoms with E-state index in [1.54, 1.807) is 11.8 Å². The minimum atomic E-state index is 0.524. The van der Waals surface area contributed by atoms with Gasteiger partial charge in [-0.2, -0.15) is 5.26 Å². The van der Waals surface area contributed by atoms with Gasteiger partial charge in [0.1, 0.15) is 0 Å². The van der Waals surface area contributed by atoms with E-state index in [-0.39, 0.29) is 0 Å². The molecule has 3 heteroatoms. The Morgan fingerprint density at radius 1 is 1.00 bits per heavy atom. The number of hydrogen-bond acceptors (Lipinski definition) is 3. The van der Waals surface area contributed by atoms with Gasteiger partial charge in [-0.25, -0.2) is 0 Å². The Balaban J connectivity index is 2.01. The van der Waals surface area contributed by atoms with E-state index in [0.29, 0.717) is 13.0 Å². The molecule has 18 heavy (non-hydrogen) atoms. The average Bonchev–Trinajstić information content (AvgIpc) is 2.41. The summed E-state index contributed by atoms with van der Waals surface area (Å²) in [5, 5.41) is 11.7. The molecule has 0 aliphatic heterocycles. The van der Waals surface area contributed by atoms with Crippen molar-refractivity contribution < 1.29 is 0 Å². The van der Waals surface area contributed by atoms with Gasteiger partial charge in [-0.3, -0.25) is 0 Å². The molecule has 0 spiro atoms. The molecule has 0 aliphatic rings. The van der Waals surface area contributed by atoms with Crippen LogP contribution in [0.3, 0.4) is 0 Å². The molecule has 2 nitrogen and oxygen atoms in total. The van der Waals surface area contributed by atoms with E-state index in [9.17, 15) is 0 Å². The van der Waals surface area contributed by atoms with Crippen molar-refractivity contribution in [1.82, 2.24) is 0 Å². The lowest BCUT2D eigenvalue weighted by atomic mass is 10.3. The summed E-state index contributed by atoms with van der Waals surface area (Å²) in [6.07, 6.45) is 0.524. The molecule has 0 saturated heterocycles. The van der Waals surface area contributed by atoms with Crippen LogP contribution in [0.1, 0.15) is 6.42 Å². The van der Waals surface area contributed by atoms with Crippen molar-refractivity contribution in [1.29, 1.82) is 5.26 Å². The fraction of sp³-hybridized carbons (Fsp3) is 0.133. The van der Waals surface area contributed by atoms with Gasteiger partial charge in [0.25, 0.3) is 0 Å². The standard InChI is InChI=1S/C15H14N2S/c16-10-5-11-17-13-6-4-9-15(12-13)18-14-7-2-1-3-8-14/h1-4,6-9,12,17H,5,11H2. The van der Waals surface area contributed by atoms with Crippen molar-refractivity contribution in [2.24, 2.45) is 0 Å². The zero-order chi connectivity index (χ0) is 12.6. The van der Waals surface area contributed by atoms with Crippen LogP contribution in [0.2, 0.25) is 0 Å². The molecule has 0 aliphatic carbocycles. The third kappa shape index (κ3) is 3.83. The predicted octanol–water partition coefficient (Wildman–Crippen LogP) is 4.16. The fourth-order valence-electron chi connectivity index (χ4n) is 1.56. The first-order valence-electron chi connectivity index (χ1n) is 5.82. The van der Waals surface area contributed by atoms with Gasteiger partial charge in [0.2, 0.25) is 0 Å². The molecule has 2 aromatic rings. The van der Waals surface area contributed by atoms with E-state index in [1.165, 1.54) is 9.79 Å². The summed E-state index contributed by atoms with van der Waals surface area (Å²) in [6.45, 7) is 0.690. The molecule has 0 saturated carbocycles. The molecule has 0 unspecified atom stereocenters. The molecule has 0 aromatic heterocycles. The number of anilines is 1. The summed E-state index contributed by atoms with van der Waals surface area (Å²) in [6, 6.07) is 20.7. The van der Waals surface area contributed by atoms with Gasteiger partial charge >= 0.3 is 0 Å². The van der Waals surface area contributed by atoms with E-state index in [1.807, 2.05) is 30.3 Å². The van der Waals surface area contributed by atoms with Crippen LogP contribution >= 0.6 is 11.8 Å². The Hall–Kier alpha value is -1.92. The van der Waals surface area contributed by atoms with Crippen LogP contribution in [-0.4, -0.2) is 6.54 Å². The summed E-state index contributed by atoms with van der Waals surface area (Å²) in [5.74, 6) is 0. The van der Waals surface area contributed by atoms with Gasteiger partial charge in [-0.1, -0.05) is 36.0 Å². The van der Waals surface area contributed by atoms with Gasteiger partial charge in [0, 0.05) is 22.0 Å². The highest BCUT2D eigenvalue weighted by atomic mass is 32.2. The van der Waals surface area contributed by atoms with Gasteiger partial charge in [-0.15, -0.1) is 0 Å². The number of nitriles is 1. The normalized spacial score (nSPS) is 9.72. The highest BCUT2D eigenvalue weighted by Crippen LogP contribution is 2.28. The third-order valence-corrected chi connectivity index (χ3v) is 3.38. The van der Waals surface area contributed by atoms with Gasteiger partial charge in [-0.05, 0) is 30.3 Å². The Morgan fingerprint density at radius 3 is 2.56 bits per heavy atom. The summed E-state index contributed by atoms with van der Waals surface area (Å²) in [4.78, 5) is 2.43. The van der Waals surface area contributed by atoms with Crippen LogP contribution in [0, 0.1) is 11.3 Å². The lowest BCUT2D eigenvalue weighted by Crippen LogP contribution is -1.99. The maximum absolute atomic E-state index is 8.50. The molecule has 2 rings (SSSR count). The summed E-state index contributed by atoms with van der Waals surface area (Å²) in [5.41, 5.74) is 1.06. The van der Waals surface area contributed by atoms with Crippen molar-refractivity contribution in [3.05, 3.63) is 54.6 Å². The first-order valence-corrected chi connectivity index (χ1v) is 6.64. The summed E-state index contributed by atoms with van der Waals surface area (Å²) < 4.78 is 0. The van der Waals surface area contributed by atoms with Gasteiger partial charge in [0.15, 0.2) is 0 Å². The number of nitrogens with one attached hydrogen (secondary N) is 1. The van der Waals surface area contributed by atoms with Crippen LogP contribution in [0.15, 0.2) is 64.4 Å². The predicted molar refractivity (Wildman–Crippen MR) is 75.7 cm³/mol. The maximum atomic E-state index is 8.50. The zero-order valence-electron chi connectivity index (χ0n) is 9.97. The van der Waals surface area contributed by atoms with Gasteiger partial charge < -0.3 is 5.32 Å². The Morgan fingerprint density at radius 2 is 1.78 bits per heavy atom. The van der Waals surface area contributed by atoms with Crippen molar-refractivity contribution in [2.45, 2.75) is 16.2 Å². The minimum Gasteiger partial charge on any atom is -0.384 e. The monoisotopic (exact) mass is 254 g/mol. The van der Waals surface area contributed by atoms with Crippen molar-refractivity contribution in [2.75, 3.05) is 11.9 Å². The smallest absolute Gasteiger partial charge is 0.0640 e. The second kappa shape index (κ2) is 6.73. The molecule has 0 amide bonds.